The lowest BCUT2D eigenvalue weighted by Gasteiger charge is -2.16. The average molecular weight is 524 g/mol. The second kappa shape index (κ2) is 11.2. The summed E-state index contributed by atoms with van der Waals surface area (Å²) in [7, 11) is 1.59. The van der Waals surface area contributed by atoms with E-state index in [0.29, 0.717) is 41.5 Å². The Morgan fingerprint density at radius 3 is 2.26 bits per heavy atom. The van der Waals surface area contributed by atoms with Crippen molar-refractivity contribution in [2.45, 2.75) is 33.2 Å². The molecule has 0 spiro atoms. The minimum Gasteiger partial charge on any atom is -0.528 e. The lowest BCUT2D eigenvalue weighted by Crippen LogP contribution is -2.27. The number of hydrogen-bond acceptors (Lipinski definition) is 8. The molecule has 0 atom stereocenters. The molecular formula is C30H27N4O5-. The lowest BCUT2D eigenvalue weighted by atomic mass is 9.98. The van der Waals surface area contributed by atoms with Crippen LogP contribution in [0.15, 0.2) is 82.1 Å². The van der Waals surface area contributed by atoms with Gasteiger partial charge in [-0.25, -0.2) is 9.97 Å². The van der Waals surface area contributed by atoms with Gasteiger partial charge in [0.2, 0.25) is 5.75 Å². The largest absolute Gasteiger partial charge is 0.528 e. The van der Waals surface area contributed by atoms with Crippen LogP contribution >= 0.6 is 0 Å². The number of hydrogen-bond donors (Lipinski definition) is 0. The zero-order valence-corrected chi connectivity index (χ0v) is 21.9. The summed E-state index contributed by atoms with van der Waals surface area (Å²) in [5.41, 5.74) is 3.71. The first kappa shape index (κ1) is 25.7. The lowest BCUT2D eigenvalue weighted by molar-refractivity contribution is -0.303. The number of aryl methyl sites for hydroxylation is 2. The van der Waals surface area contributed by atoms with Crippen molar-refractivity contribution in [1.29, 1.82) is 0 Å². The van der Waals surface area contributed by atoms with Gasteiger partial charge in [-0.3, -0.25) is 9.36 Å². The summed E-state index contributed by atoms with van der Waals surface area (Å²) in [5.74, 6) is 2.38. The fraction of sp³-hybridized carbons (Fsp3) is 0.200. The highest BCUT2D eigenvalue weighted by Gasteiger charge is 2.17. The number of aromatic nitrogens is 4. The van der Waals surface area contributed by atoms with Crippen LogP contribution < -0.4 is 20.1 Å². The zero-order chi connectivity index (χ0) is 27.4. The minimum atomic E-state index is -0.731. The summed E-state index contributed by atoms with van der Waals surface area (Å²) < 4.78 is 17.5. The summed E-state index contributed by atoms with van der Waals surface area (Å²) in [6, 6.07) is 22.5. The Kier molecular flexibility index (Phi) is 7.40. The van der Waals surface area contributed by atoms with Gasteiger partial charge < -0.3 is 19.1 Å². The van der Waals surface area contributed by atoms with Gasteiger partial charge in [-0.15, -0.1) is 0 Å². The van der Waals surface area contributed by atoms with Crippen molar-refractivity contribution in [2.24, 2.45) is 0 Å². The average Bonchev–Trinajstić information content (AvgIpc) is 3.40. The smallest absolute Gasteiger partial charge is 0.297 e. The summed E-state index contributed by atoms with van der Waals surface area (Å²) >= 11 is 0. The molecule has 0 aliphatic rings. The number of rotatable bonds is 9. The fourth-order valence-electron chi connectivity index (χ4n) is 4.38. The molecule has 3 aromatic carbocycles. The van der Waals surface area contributed by atoms with Crippen LogP contribution in [0.4, 0.5) is 0 Å². The predicted octanol–water partition coefficient (Wildman–Crippen LogP) is 5.14. The Morgan fingerprint density at radius 2 is 1.62 bits per heavy atom. The highest BCUT2D eigenvalue weighted by atomic mass is 16.6. The molecule has 5 aromatic rings. The summed E-state index contributed by atoms with van der Waals surface area (Å²) in [5, 5.41) is 15.2. The standard InChI is InChI=1S/C30H28N4O5/c1-4-7-26-31-19(2)27(38-23-16-14-22(37-3)15-17-23)29(35)34(26)18-20-10-12-21(13-11-20)24-8-5-6-9-25(24)28-32-30(36)39-33-28/h5-6,8-17H,4,7,18H2,1-3H3,(H,32,33,36)/p-1. The van der Waals surface area contributed by atoms with E-state index in [0.717, 1.165) is 23.1 Å². The van der Waals surface area contributed by atoms with E-state index >= 15 is 0 Å². The van der Waals surface area contributed by atoms with Crippen LogP contribution in [0.25, 0.3) is 22.5 Å². The van der Waals surface area contributed by atoms with Crippen LogP contribution in [0.2, 0.25) is 0 Å². The van der Waals surface area contributed by atoms with Crippen molar-refractivity contribution in [3.63, 3.8) is 0 Å². The third kappa shape index (κ3) is 5.52. The normalized spacial score (nSPS) is 10.9. The maximum atomic E-state index is 13.6. The van der Waals surface area contributed by atoms with E-state index in [-0.39, 0.29) is 17.1 Å². The molecule has 198 valence electrons. The first-order valence-electron chi connectivity index (χ1n) is 12.6. The molecule has 0 aliphatic heterocycles. The number of nitrogens with zero attached hydrogens (tertiary/aromatic N) is 4. The van der Waals surface area contributed by atoms with Gasteiger partial charge in [0.15, 0.2) is 11.9 Å². The molecule has 9 heteroatoms. The predicted molar refractivity (Wildman–Crippen MR) is 144 cm³/mol. The first-order chi connectivity index (χ1) is 19.0. The third-order valence-electron chi connectivity index (χ3n) is 6.31. The molecule has 0 bridgehead atoms. The van der Waals surface area contributed by atoms with Crippen molar-refractivity contribution in [3.8, 4) is 45.8 Å². The third-order valence-corrected chi connectivity index (χ3v) is 6.31. The van der Waals surface area contributed by atoms with Crippen molar-refractivity contribution >= 4 is 0 Å². The SMILES string of the molecule is CCCc1nc(C)c(Oc2ccc(OC)cc2)c(=O)n1Cc1ccc(-c2ccccc2-c2noc([O-])n2)cc1. The second-order valence-electron chi connectivity index (χ2n) is 8.99. The molecule has 0 N–H and O–H groups in total. The molecule has 0 saturated carbocycles. The van der Waals surface area contributed by atoms with Crippen LogP contribution in [0.3, 0.4) is 0 Å². The summed E-state index contributed by atoms with van der Waals surface area (Å²) in [6.45, 7) is 4.18. The molecule has 0 unspecified atom stereocenters. The summed E-state index contributed by atoms with van der Waals surface area (Å²) in [6.07, 6.45) is 0.781. The van der Waals surface area contributed by atoms with E-state index in [1.54, 1.807) is 42.9 Å². The number of ether oxygens (including phenoxy) is 2. The van der Waals surface area contributed by atoms with Gasteiger partial charge in [-0.1, -0.05) is 55.5 Å². The van der Waals surface area contributed by atoms with E-state index in [1.807, 2.05) is 48.5 Å². The van der Waals surface area contributed by atoms with Crippen molar-refractivity contribution in [2.75, 3.05) is 7.11 Å². The van der Waals surface area contributed by atoms with Gasteiger partial charge in [-0.2, -0.15) is 5.16 Å². The van der Waals surface area contributed by atoms with Gasteiger partial charge in [-0.05, 0) is 54.3 Å². The Labute approximate surface area is 225 Å². The monoisotopic (exact) mass is 523 g/mol. The summed E-state index contributed by atoms with van der Waals surface area (Å²) in [4.78, 5) is 22.2. The molecule has 0 fully saturated rings. The van der Waals surface area contributed by atoms with E-state index in [9.17, 15) is 9.90 Å². The van der Waals surface area contributed by atoms with Crippen LogP contribution in [-0.4, -0.2) is 26.8 Å². The van der Waals surface area contributed by atoms with E-state index in [2.05, 4.69) is 21.6 Å². The minimum absolute atomic E-state index is 0.198. The molecule has 5 rings (SSSR count). The number of methoxy groups -OCH3 is 1. The first-order valence-corrected chi connectivity index (χ1v) is 12.6. The van der Waals surface area contributed by atoms with Gasteiger partial charge in [0.1, 0.15) is 17.3 Å². The number of benzene rings is 3. The fourth-order valence-corrected chi connectivity index (χ4v) is 4.38. The molecule has 2 aromatic heterocycles. The molecule has 0 aliphatic carbocycles. The zero-order valence-electron chi connectivity index (χ0n) is 21.9. The van der Waals surface area contributed by atoms with Gasteiger partial charge in [0.25, 0.3) is 5.56 Å². The topological polar surface area (TPSA) is 115 Å². The maximum Gasteiger partial charge on any atom is 0.297 e. The highest BCUT2D eigenvalue weighted by Crippen LogP contribution is 2.31. The van der Waals surface area contributed by atoms with E-state index in [1.165, 1.54) is 0 Å². The molecule has 39 heavy (non-hydrogen) atoms. The molecule has 0 saturated heterocycles. The van der Waals surface area contributed by atoms with Crippen LogP contribution in [0.1, 0.15) is 30.4 Å². The van der Waals surface area contributed by atoms with E-state index < -0.39 is 6.08 Å². The van der Waals surface area contributed by atoms with Crippen molar-refractivity contribution in [1.82, 2.24) is 19.7 Å². The van der Waals surface area contributed by atoms with Crippen LogP contribution in [0, 0.1) is 6.92 Å². The Hall–Kier alpha value is -4.92. The molecule has 0 radical (unpaired) electrons. The van der Waals surface area contributed by atoms with Gasteiger partial charge in [0, 0.05) is 12.0 Å². The molecule has 0 amide bonds. The Morgan fingerprint density at radius 1 is 0.923 bits per heavy atom. The Balaban J connectivity index is 1.46. The van der Waals surface area contributed by atoms with Crippen molar-refractivity contribution < 1.29 is 19.1 Å². The van der Waals surface area contributed by atoms with Crippen LogP contribution in [-0.2, 0) is 13.0 Å². The quantitative estimate of drug-likeness (QED) is 0.261. The molecule has 2 heterocycles. The molecular weight excluding hydrogens is 496 g/mol. The van der Waals surface area contributed by atoms with Crippen molar-refractivity contribution in [3.05, 3.63) is 100 Å². The molecule has 9 nitrogen and oxygen atoms in total. The maximum absolute atomic E-state index is 13.6. The van der Waals surface area contributed by atoms with Gasteiger partial charge >= 0.3 is 0 Å². The highest BCUT2D eigenvalue weighted by molar-refractivity contribution is 5.80. The van der Waals surface area contributed by atoms with Gasteiger partial charge in [0.05, 0.1) is 19.3 Å². The van der Waals surface area contributed by atoms with Crippen LogP contribution in [0.5, 0.6) is 23.3 Å². The second-order valence-corrected chi connectivity index (χ2v) is 8.99. The Bertz CT molecular complexity index is 1640. The van der Waals surface area contributed by atoms with E-state index in [4.69, 9.17) is 14.5 Å².